The van der Waals surface area contributed by atoms with Crippen LogP contribution in [-0.2, 0) is 13.1 Å². The van der Waals surface area contributed by atoms with Gasteiger partial charge in [0.15, 0.2) is 0 Å². The summed E-state index contributed by atoms with van der Waals surface area (Å²) < 4.78 is 1.89. The van der Waals surface area contributed by atoms with E-state index in [1.165, 1.54) is 0 Å². The first-order valence-electron chi connectivity index (χ1n) is 5.14. The Labute approximate surface area is 111 Å². The molecule has 4 nitrogen and oxygen atoms in total. The summed E-state index contributed by atoms with van der Waals surface area (Å²) in [5.74, 6) is 0. The lowest BCUT2D eigenvalue weighted by Crippen LogP contribution is -2.20. The van der Waals surface area contributed by atoms with Crippen LogP contribution in [0.3, 0.4) is 0 Å². The molecular formula is C11H14Cl2N4. The molecule has 0 radical (unpaired) electrons. The highest BCUT2D eigenvalue weighted by Crippen LogP contribution is 2.10. The van der Waals surface area contributed by atoms with Crippen LogP contribution in [0.25, 0.3) is 0 Å². The Balaban J connectivity index is 0.00000144. The molecule has 0 aliphatic heterocycles. The van der Waals surface area contributed by atoms with Crippen LogP contribution in [0.1, 0.15) is 5.56 Å². The zero-order chi connectivity index (χ0) is 11.2. The molecule has 0 aromatic carbocycles. The van der Waals surface area contributed by atoms with E-state index in [0.717, 1.165) is 25.2 Å². The molecule has 17 heavy (non-hydrogen) atoms. The van der Waals surface area contributed by atoms with Crippen molar-refractivity contribution in [1.82, 2.24) is 20.1 Å². The molecule has 2 aromatic rings. The minimum absolute atomic E-state index is 0. The van der Waals surface area contributed by atoms with E-state index in [1.54, 1.807) is 12.4 Å². The zero-order valence-corrected chi connectivity index (χ0v) is 10.8. The zero-order valence-electron chi connectivity index (χ0n) is 9.21. The molecule has 0 aliphatic rings. The Bertz CT molecular complexity index is 431. The Morgan fingerprint density at radius 1 is 1.29 bits per heavy atom. The number of rotatable bonds is 5. The monoisotopic (exact) mass is 272 g/mol. The van der Waals surface area contributed by atoms with Gasteiger partial charge in [0.25, 0.3) is 0 Å². The van der Waals surface area contributed by atoms with Crippen molar-refractivity contribution in [3.63, 3.8) is 0 Å². The van der Waals surface area contributed by atoms with Gasteiger partial charge in [-0.1, -0.05) is 17.7 Å². The van der Waals surface area contributed by atoms with Crippen LogP contribution in [0.15, 0.2) is 36.8 Å². The molecule has 1 N–H and O–H groups in total. The van der Waals surface area contributed by atoms with E-state index in [4.69, 9.17) is 11.6 Å². The molecule has 0 fully saturated rings. The highest BCUT2D eigenvalue weighted by molar-refractivity contribution is 6.30. The fraction of sp³-hybridized carbons (Fsp3) is 0.273. The maximum absolute atomic E-state index is 5.93. The quantitative estimate of drug-likeness (QED) is 0.670. The van der Waals surface area contributed by atoms with Gasteiger partial charge in [0.2, 0.25) is 0 Å². The number of halogens is 2. The van der Waals surface area contributed by atoms with E-state index >= 15 is 0 Å². The van der Waals surface area contributed by atoms with Crippen LogP contribution < -0.4 is 5.32 Å². The van der Waals surface area contributed by atoms with E-state index in [1.807, 2.05) is 29.1 Å². The van der Waals surface area contributed by atoms with Gasteiger partial charge in [-0.3, -0.25) is 4.68 Å². The third kappa shape index (κ3) is 4.34. The standard InChI is InChI=1S/C11H13ClN4.ClH/c12-11-10(3-1-4-14-11)9-13-6-8-16-7-2-5-15-16;/h1-5,7,13H,6,8-9H2;1H. The fourth-order valence-corrected chi connectivity index (χ4v) is 1.59. The third-order valence-corrected chi connectivity index (χ3v) is 2.57. The molecule has 0 saturated carbocycles. The van der Waals surface area contributed by atoms with Crippen molar-refractivity contribution in [3.8, 4) is 0 Å². The lowest BCUT2D eigenvalue weighted by molar-refractivity contribution is 0.554. The Morgan fingerprint density at radius 3 is 2.88 bits per heavy atom. The van der Waals surface area contributed by atoms with Crippen LogP contribution >= 0.6 is 24.0 Å². The molecule has 2 heterocycles. The van der Waals surface area contributed by atoms with Crippen molar-refractivity contribution in [2.24, 2.45) is 0 Å². The van der Waals surface area contributed by atoms with Crippen molar-refractivity contribution in [2.45, 2.75) is 13.1 Å². The average Bonchev–Trinajstić information content (AvgIpc) is 2.79. The lowest BCUT2D eigenvalue weighted by atomic mass is 10.3. The molecule has 2 aromatic heterocycles. The number of nitrogens with one attached hydrogen (secondary N) is 1. The second kappa shape index (κ2) is 7.27. The molecule has 0 spiro atoms. The largest absolute Gasteiger partial charge is 0.311 e. The van der Waals surface area contributed by atoms with Crippen molar-refractivity contribution in [2.75, 3.05) is 6.54 Å². The predicted octanol–water partition coefficient (Wildman–Crippen LogP) is 2.14. The number of hydrogen-bond donors (Lipinski definition) is 1. The minimum atomic E-state index is 0. The molecule has 0 aliphatic carbocycles. The maximum Gasteiger partial charge on any atom is 0.133 e. The van der Waals surface area contributed by atoms with Gasteiger partial charge in [-0.2, -0.15) is 5.10 Å². The molecule has 0 saturated heterocycles. The smallest absolute Gasteiger partial charge is 0.133 e. The summed E-state index contributed by atoms with van der Waals surface area (Å²) in [6.07, 6.45) is 5.41. The summed E-state index contributed by atoms with van der Waals surface area (Å²) in [5.41, 5.74) is 1.02. The Kier molecular flexibility index (Phi) is 5.97. The van der Waals surface area contributed by atoms with Gasteiger partial charge in [0.1, 0.15) is 5.15 Å². The van der Waals surface area contributed by atoms with Crippen LogP contribution in [-0.4, -0.2) is 21.3 Å². The Hall–Kier alpha value is -1.10. The first-order chi connectivity index (χ1) is 7.86. The van der Waals surface area contributed by atoms with Crippen molar-refractivity contribution in [1.29, 1.82) is 0 Å². The molecular weight excluding hydrogens is 259 g/mol. The first-order valence-corrected chi connectivity index (χ1v) is 5.51. The van der Waals surface area contributed by atoms with Gasteiger partial charge in [-0.25, -0.2) is 4.98 Å². The third-order valence-electron chi connectivity index (χ3n) is 2.23. The summed E-state index contributed by atoms with van der Waals surface area (Å²) in [4.78, 5) is 4.02. The number of hydrogen-bond acceptors (Lipinski definition) is 3. The van der Waals surface area contributed by atoms with E-state index in [9.17, 15) is 0 Å². The fourth-order valence-electron chi connectivity index (χ4n) is 1.40. The number of aromatic nitrogens is 3. The summed E-state index contributed by atoms with van der Waals surface area (Å²) in [6, 6.07) is 5.77. The van der Waals surface area contributed by atoms with Crippen molar-refractivity contribution < 1.29 is 0 Å². The SMILES string of the molecule is Cl.Clc1ncccc1CNCCn1cccn1. The normalized spacial score (nSPS) is 9.94. The summed E-state index contributed by atoms with van der Waals surface area (Å²) in [6.45, 7) is 2.44. The van der Waals surface area contributed by atoms with Gasteiger partial charge in [0, 0.05) is 37.2 Å². The van der Waals surface area contributed by atoms with Gasteiger partial charge in [0.05, 0.1) is 6.54 Å². The van der Waals surface area contributed by atoms with Crippen molar-refractivity contribution in [3.05, 3.63) is 47.5 Å². The van der Waals surface area contributed by atoms with Crippen LogP contribution in [0, 0.1) is 0 Å². The van der Waals surface area contributed by atoms with Gasteiger partial charge in [-0.15, -0.1) is 12.4 Å². The van der Waals surface area contributed by atoms with Crippen LogP contribution in [0.4, 0.5) is 0 Å². The summed E-state index contributed by atoms with van der Waals surface area (Å²) >= 11 is 5.93. The van der Waals surface area contributed by atoms with Crippen molar-refractivity contribution >= 4 is 24.0 Å². The Morgan fingerprint density at radius 2 is 2.18 bits per heavy atom. The first kappa shape index (κ1) is 14.0. The van der Waals surface area contributed by atoms with E-state index < -0.39 is 0 Å². The van der Waals surface area contributed by atoms with Gasteiger partial charge >= 0.3 is 0 Å². The van der Waals surface area contributed by atoms with E-state index in [-0.39, 0.29) is 12.4 Å². The molecule has 6 heteroatoms. The topological polar surface area (TPSA) is 42.7 Å². The van der Waals surface area contributed by atoms with Crippen LogP contribution in [0.2, 0.25) is 5.15 Å². The average molecular weight is 273 g/mol. The summed E-state index contributed by atoms with van der Waals surface area (Å²) in [5, 5.41) is 7.98. The molecule has 92 valence electrons. The van der Waals surface area contributed by atoms with E-state index in [0.29, 0.717) is 5.15 Å². The van der Waals surface area contributed by atoms with Gasteiger partial charge in [-0.05, 0) is 12.1 Å². The predicted molar refractivity (Wildman–Crippen MR) is 70.4 cm³/mol. The second-order valence-corrected chi connectivity index (χ2v) is 3.76. The molecule has 0 unspecified atom stereocenters. The molecule has 0 bridgehead atoms. The second-order valence-electron chi connectivity index (χ2n) is 3.40. The molecule has 2 rings (SSSR count). The minimum Gasteiger partial charge on any atom is -0.311 e. The molecule has 0 amide bonds. The number of nitrogens with zero attached hydrogens (tertiary/aromatic N) is 3. The summed E-state index contributed by atoms with van der Waals surface area (Å²) in [7, 11) is 0. The highest BCUT2D eigenvalue weighted by atomic mass is 35.5. The molecule has 0 atom stereocenters. The lowest BCUT2D eigenvalue weighted by Gasteiger charge is -2.05. The van der Waals surface area contributed by atoms with Gasteiger partial charge < -0.3 is 5.32 Å². The number of pyridine rings is 1. The van der Waals surface area contributed by atoms with E-state index in [2.05, 4.69) is 15.4 Å². The van der Waals surface area contributed by atoms with Crippen LogP contribution in [0.5, 0.6) is 0 Å². The highest BCUT2D eigenvalue weighted by Gasteiger charge is 1.98. The maximum atomic E-state index is 5.93.